The number of alkyl halides is 3. The zero-order valence-electron chi connectivity index (χ0n) is 22.6. The van der Waals surface area contributed by atoms with Crippen LogP contribution >= 0.6 is 0 Å². The Morgan fingerprint density at radius 3 is 2.56 bits per heavy atom. The van der Waals surface area contributed by atoms with Gasteiger partial charge in [0.1, 0.15) is 16.9 Å². The monoisotopic (exact) mass is 574 g/mol. The molecule has 5 rings (SSSR count). The minimum absolute atomic E-state index is 0.0990. The summed E-state index contributed by atoms with van der Waals surface area (Å²) in [5.41, 5.74) is -2.46. The molecule has 1 atom stereocenters. The van der Waals surface area contributed by atoms with E-state index in [1.165, 1.54) is 17.0 Å². The van der Waals surface area contributed by atoms with Gasteiger partial charge in [0.2, 0.25) is 6.79 Å². The molecule has 1 fully saturated rings. The lowest BCUT2D eigenvalue weighted by atomic mass is 9.91. The molecular weight excluding hydrogens is 545 g/mol. The predicted molar refractivity (Wildman–Crippen MR) is 141 cm³/mol. The molecule has 1 N–H and O–H groups in total. The highest BCUT2D eigenvalue weighted by Crippen LogP contribution is 2.39. The second-order valence-electron chi connectivity index (χ2n) is 10.1. The standard InChI is InChI=1S/C29H29F3N2O7/c1-3-7-19-21(11-9-18-20(29(30,31)32)15-24(35)41-25(18)19)38-13-6-4-5-12-34-26(36)28(2,33-27(34)37)17-8-10-22-23(14-17)40-16-39-22/h8-11,14-15H,3-7,12-13,16H2,1-2H3,(H,33,37). The van der Waals surface area contributed by atoms with Crippen LogP contribution in [-0.4, -0.2) is 36.8 Å². The fourth-order valence-corrected chi connectivity index (χ4v) is 5.15. The number of carbonyl (C=O) groups is 2. The fraction of sp³-hybridized carbons (Fsp3) is 0.414. The molecule has 3 heterocycles. The van der Waals surface area contributed by atoms with Crippen LogP contribution < -0.4 is 25.2 Å². The van der Waals surface area contributed by atoms with Crippen molar-refractivity contribution < 1.29 is 41.4 Å². The normalized spacial score (nSPS) is 18.3. The van der Waals surface area contributed by atoms with Crippen molar-refractivity contribution in [3.63, 3.8) is 0 Å². The Kier molecular flexibility index (Phi) is 7.58. The van der Waals surface area contributed by atoms with E-state index in [0.29, 0.717) is 66.5 Å². The maximum absolute atomic E-state index is 13.5. The molecule has 2 aromatic carbocycles. The number of nitrogens with one attached hydrogen (secondary N) is 1. The van der Waals surface area contributed by atoms with Crippen LogP contribution in [0.3, 0.4) is 0 Å². The number of urea groups is 1. The highest BCUT2D eigenvalue weighted by Gasteiger charge is 2.49. The summed E-state index contributed by atoms with van der Waals surface area (Å²) in [5.74, 6) is 1.09. The molecule has 2 aliphatic rings. The van der Waals surface area contributed by atoms with E-state index in [-0.39, 0.29) is 36.8 Å². The molecule has 2 aliphatic heterocycles. The largest absolute Gasteiger partial charge is 0.493 e. The first-order valence-corrected chi connectivity index (χ1v) is 13.4. The number of carbonyl (C=O) groups excluding carboxylic acids is 2. The first-order valence-electron chi connectivity index (χ1n) is 13.4. The van der Waals surface area contributed by atoms with E-state index in [0.717, 1.165) is 0 Å². The molecule has 3 amide bonds. The van der Waals surface area contributed by atoms with Crippen molar-refractivity contribution in [1.29, 1.82) is 0 Å². The van der Waals surface area contributed by atoms with Gasteiger partial charge in [-0.25, -0.2) is 9.59 Å². The molecule has 1 aromatic heterocycles. The fourth-order valence-electron chi connectivity index (χ4n) is 5.15. The second kappa shape index (κ2) is 11.0. The minimum Gasteiger partial charge on any atom is -0.493 e. The van der Waals surface area contributed by atoms with Crippen LogP contribution in [0.4, 0.5) is 18.0 Å². The third-order valence-corrected chi connectivity index (χ3v) is 7.29. The molecule has 0 aliphatic carbocycles. The summed E-state index contributed by atoms with van der Waals surface area (Å²) in [6.45, 7) is 4.08. The molecule has 41 heavy (non-hydrogen) atoms. The first kappa shape index (κ1) is 28.3. The Balaban J connectivity index is 1.18. The van der Waals surface area contributed by atoms with Gasteiger partial charge in [-0.2, -0.15) is 13.2 Å². The molecule has 0 saturated carbocycles. The molecule has 1 unspecified atom stereocenters. The van der Waals surface area contributed by atoms with Crippen LogP contribution in [-0.2, 0) is 22.9 Å². The lowest BCUT2D eigenvalue weighted by Gasteiger charge is -2.22. The number of fused-ring (bicyclic) bond motifs is 2. The number of rotatable bonds is 10. The third-order valence-electron chi connectivity index (χ3n) is 7.29. The maximum Gasteiger partial charge on any atom is 0.417 e. The van der Waals surface area contributed by atoms with Crippen molar-refractivity contribution >= 4 is 22.9 Å². The molecule has 3 aromatic rings. The average Bonchev–Trinajstić information content (AvgIpc) is 3.48. The van der Waals surface area contributed by atoms with Gasteiger partial charge in [0.25, 0.3) is 5.91 Å². The van der Waals surface area contributed by atoms with Gasteiger partial charge in [-0.05, 0) is 62.4 Å². The van der Waals surface area contributed by atoms with Crippen molar-refractivity contribution in [2.24, 2.45) is 0 Å². The SMILES string of the molecule is CCCc1c(OCCCCCN2C(=O)NC(C)(c3ccc4c(c3)OCO4)C2=O)ccc2c(C(F)(F)F)cc(=O)oc12. The van der Waals surface area contributed by atoms with Crippen molar-refractivity contribution in [3.8, 4) is 17.2 Å². The highest BCUT2D eigenvalue weighted by atomic mass is 19.4. The van der Waals surface area contributed by atoms with E-state index in [1.807, 2.05) is 6.92 Å². The van der Waals surface area contributed by atoms with Crippen LogP contribution in [0, 0.1) is 0 Å². The van der Waals surface area contributed by atoms with E-state index in [4.69, 9.17) is 18.6 Å². The maximum atomic E-state index is 13.5. The number of imide groups is 1. The Labute approximate surface area is 233 Å². The molecule has 0 bridgehead atoms. The molecule has 9 nitrogen and oxygen atoms in total. The zero-order chi connectivity index (χ0) is 29.4. The molecular formula is C29H29F3N2O7. The summed E-state index contributed by atoms with van der Waals surface area (Å²) in [5, 5.41) is 2.59. The van der Waals surface area contributed by atoms with E-state index >= 15 is 0 Å². The van der Waals surface area contributed by atoms with Crippen molar-refractivity contribution in [2.45, 2.75) is 57.7 Å². The van der Waals surface area contributed by atoms with Crippen LogP contribution in [0.25, 0.3) is 11.0 Å². The van der Waals surface area contributed by atoms with Gasteiger partial charge in [-0.3, -0.25) is 9.69 Å². The number of aryl methyl sites for hydroxylation is 1. The predicted octanol–water partition coefficient (Wildman–Crippen LogP) is 5.51. The van der Waals surface area contributed by atoms with Gasteiger partial charge in [0.05, 0.1) is 12.2 Å². The molecule has 0 spiro atoms. The highest BCUT2D eigenvalue weighted by molar-refractivity contribution is 6.07. The number of amides is 3. The average molecular weight is 575 g/mol. The number of halogens is 3. The van der Waals surface area contributed by atoms with Crippen LogP contribution in [0.2, 0.25) is 0 Å². The molecule has 12 heteroatoms. The summed E-state index contributed by atoms with van der Waals surface area (Å²) in [4.78, 5) is 38.9. The summed E-state index contributed by atoms with van der Waals surface area (Å²) < 4.78 is 62.3. The Morgan fingerprint density at radius 2 is 1.80 bits per heavy atom. The smallest absolute Gasteiger partial charge is 0.417 e. The topological polar surface area (TPSA) is 107 Å². The van der Waals surface area contributed by atoms with E-state index < -0.39 is 28.9 Å². The van der Waals surface area contributed by atoms with Gasteiger partial charge >= 0.3 is 17.8 Å². The number of nitrogens with zero attached hydrogens (tertiary/aromatic N) is 1. The van der Waals surface area contributed by atoms with E-state index in [2.05, 4.69) is 5.32 Å². The number of hydrogen-bond acceptors (Lipinski definition) is 7. The molecule has 0 radical (unpaired) electrons. The quantitative estimate of drug-likeness (QED) is 0.193. The van der Waals surface area contributed by atoms with Gasteiger partial charge in [-0.1, -0.05) is 19.4 Å². The van der Waals surface area contributed by atoms with Gasteiger partial charge < -0.3 is 23.9 Å². The lowest BCUT2D eigenvalue weighted by Crippen LogP contribution is -2.41. The van der Waals surface area contributed by atoms with Crippen LogP contribution in [0.15, 0.2) is 45.6 Å². The van der Waals surface area contributed by atoms with Crippen molar-refractivity contribution in [3.05, 3.63) is 63.5 Å². The lowest BCUT2D eigenvalue weighted by molar-refractivity contribution is -0.136. The minimum atomic E-state index is -4.70. The van der Waals surface area contributed by atoms with Gasteiger partial charge in [-0.15, -0.1) is 0 Å². The summed E-state index contributed by atoms with van der Waals surface area (Å²) in [7, 11) is 0. The molecule has 1 saturated heterocycles. The van der Waals surface area contributed by atoms with E-state index in [1.54, 1.807) is 25.1 Å². The first-order chi connectivity index (χ1) is 19.5. The number of hydrogen-bond donors (Lipinski definition) is 1. The van der Waals surface area contributed by atoms with Crippen LogP contribution in [0.1, 0.15) is 56.2 Å². The summed E-state index contributed by atoms with van der Waals surface area (Å²) in [6.07, 6.45) is -2.00. The Morgan fingerprint density at radius 1 is 1.02 bits per heavy atom. The second-order valence-corrected chi connectivity index (χ2v) is 10.1. The van der Waals surface area contributed by atoms with E-state index in [9.17, 15) is 27.6 Å². The summed E-state index contributed by atoms with van der Waals surface area (Å²) >= 11 is 0. The van der Waals surface area contributed by atoms with Crippen LogP contribution in [0.5, 0.6) is 17.2 Å². The Hall–Kier alpha value is -4.22. The summed E-state index contributed by atoms with van der Waals surface area (Å²) in [6, 6.07) is 7.82. The van der Waals surface area contributed by atoms with Crippen molar-refractivity contribution in [2.75, 3.05) is 19.9 Å². The number of benzene rings is 2. The number of ether oxygens (including phenoxy) is 3. The van der Waals surface area contributed by atoms with Crippen molar-refractivity contribution in [1.82, 2.24) is 10.2 Å². The Bertz CT molecular complexity index is 1550. The zero-order valence-corrected chi connectivity index (χ0v) is 22.6. The van der Waals surface area contributed by atoms with Gasteiger partial charge in [0, 0.05) is 23.6 Å². The van der Waals surface area contributed by atoms with Gasteiger partial charge in [0.15, 0.2) is 11.5 Å². The number of unbranched alkanes of at least 4 members (excludes halogenated alkanes) is 2. The third kappa shape index (κ3) is 5.42. The molecule has 218 valence electrons.